The standard InChI is InChI=1S/C15H10N4O3/c1-18-13-5-3-2-4-12(13)17-15(18)10(9-16)8-11-6-7-14(22-11)19(20)21/h2-8H,1H3/b10-8+. The Balaban J connectivity index is 2.09. The zero-order chi connectivity index (χ0) is 15.7. The molecule has 0 aliphatic heterocycles. The molecule has 3 rings (SSSR count). The molecule has 7 heteroatoms. The first-order valence-corrected chi connectivity index (χ1v) is 6.38. The molecule has 7 nitrogen and oxygen atoms in total. The van der Waals surface area contributed by atoms with Gasteiger partial charge in [0, 0.05) is 13.1 Å². The summed E-state index contributed by atoms with van der Waals surface area (Å²) < 4.78 is 6.84. The zero-order valence-electron chi connectivity index (χ0n) is 11.6. The van der Waals surface area contributed by atoms with Gasteiger partial charge in [-0.2, -0.15) is 5.26 Å². The van der Waals surface area contributed by atoms with E-state index in [-0.39, 0.29) is 17.2 Å². The molecule has 1 aromatic carbocycles. The molecule has 0 saturated carbocycles. The quantitative estimate of drug-likeness (QED) is 0.420. The van der Waals surface area contributed by atoms with Crippen LogP contribution in [0, 0.1) is 21.4 Å². The van der Waals surface area contributed by atoms with E-state index in [0.717, 1.165) is 11.0 Å². The molecule has 2 aromatic heterocycles. The second-order valence-corrected chi connectivity index (χ2v) is 4.59. The van der Waals surface area contributed by atoms with Gasteiger partial charge in [-0.3, -0.25) is 10.1 Å². The minimum Gasteiger partial charge on any atom is -0.401 e. The molecular formula is C15H10N4O3. The number of para-hydroxylation sites is 2. The molecule has 3 aromatic rings. The predicted octanol–water partition coefficient (Wildman–Crippen LogP) is 3.14. The Morgan fingerprint density at radius 2 is 2.18 bits per heavy atom. The molecular weight excluding hydrogens is 284 g/mol. The molecule has 0 bridgehead atoms. The highest BCUT2D eigenvalue weighted by molar-refractivity contribution is 5.90. The maximum Gasteiger partial charge on any atom is 0.433 e. The summed E-state index contributed by atoms with van der Waals surface area (Å²) in [5, 5.41) is 20.0. The number of hydrogen-bond acceptors (Lipinski definition) is 5. The van der Waals surface area contributed by atoms with Crippen LogP contribution in [0.4, 0.5) is 5.88 Å². The number of furan rings is 1. The smallest absolute Gasteiger partial charge is 0.401 e. The van der Waals surface area contributed by atoms with Crippen LogP contribution in [-0.2, 0) is 7.05 Å². The van der Waals surface area contributed by atoms with Crippen molar-refractivity contribution in [3.05, 3.63) is 58.1 Å². The third-order valence-corrected chi connectivity index (χ3v) is 3.23. The van der Waals surface area contributed by atoms with Crippen molar-refractivity contribution in [1.29, 1.82) is 5.26 Å². The fourth-order valence-corrected chi connectivity index (χ4v) is 2.19. The first-order valence-electron chi connectivity index (χ1n) is 6.38. The third kappa shape index (κ3) is 2.23. The summed E-state index contributed by atoms with van der Waals surface area (Å²) in [4.78, 5) is 14.4. The van der Waals surface area contributed by atoms with E-state index in [0.29, 0.717) is 5.82 Å². The van der Waals surface area contributed by atoms with Crippen LogP contribution in [-0.4, -0.2) is 14.5 Å². The lowest BCUT2D eigenvalue weighted by molar-refractivity contribution is -0.402. The summed E-state index contributed by atoms with van der Waals surface area (Å²) >= 11 is 0. The zero-order valence-corrected chi connectivity index (χ0v) is 11.6. The fourth-order valence-electron chi connectivity index (χ4n) is 2.19. The molecule has 0 aliphatic carbocycles. The Morgan fingerprint density at radius 3 is 2.82 bits per heavy atom. The largest absolute Gasteiger partial charge is 0.433 e. The van der Waals surface area contributed by atoms with Gasteiger partial charge in [-0.05, 0) is 18.2 Å². The molecule has 0 saturated heterocycles. The van der Waals surface area contributed by atoms with Gasteiger partial charge in [-0.15, -0.1) is 0 Å². The third-order valence-electron chi connectivity index (χ3n) is 3.23. The van der Waals surface area contributed by atoms with Crippen LogP contribution in [0.2, 0.25) is 0 Å². The van der Waals surface area contributed by atoms with Crippen molar-refractivity contribution in [2.75, 3.05) is 0 Å². The average Bonchev–Trinajstić information content (AvgIpc) is 3.11. The number of aromatic nitrogens is 2. The molecule has 2 heterocycles. The minimum atomic E-state index is -0.627. The number of nitrogens with zero attached hydrogens (tertiary/aromatic N) is 4. The van der Waals surface area contributed by atoms with E-state index in [1.807, 2.05) is 24.3 Å². The van der Waals surface area contributed by atoms with Crippen LogP contribution in [0.15, 0.2) is 40.8 Å². The lowest BCUT2D eigenvalue weighted by atomic mass is 10.2. The number of nitro groups is 1. The summed E-state index contributed by atoms with van der Waals surface area (Å²) in [6.07, 6.45) is 1.44. The number of allylic oxidation sites excluding steroid dienone is 1. The van der Waals surface area contributed by atoms with Crippen molar-refractivity contribution >= 4 is 28.6 Å². The maximum atomic E-state index is 10.6. The lowest BCUT2D eigenvalue weighted by Crippen LogP contribution is -1.95. The van der Waals surface area contributed by atoms with E-state index >= 15 is 0 Å². The van der Waals surface area contributed by atoms with Gasteiger partial charge in [0.05, 0.1) is 22.7 Å². The Bertz CT molecular complexity index is 943. The minimum absolute atomic E-state index is 0.232. The van der Waals surface area contributed by atoms with Gasteiger partial charge in [-0.25, -0.2) is 4.98 Å². The molecule has 0 radical (unpaired) electrons. The Morgan fingerprint density at radius 1 is 1.41 bits per heavy atom. The average molecular weight is 294 g/mol. The Hall–Kier alpha value is -3.40. The van der Waals surface area contributed by atoms with Crippen LogP contribution in [0.5, 0.6) is 0 Å². The molecule has 0 N–H and O–H groups in total. The summed E-state index contributed by atoms with van der Waals surface area (Å²) in [5.74, 6) is 0.339. The number of hydrogen-bond donors (Lipinski definition) is 0. The Kier molecular flexibility index (Phi) is 3.20. The van der Waals surface area contributed by atoms with E-state index < -0.39 is 4.92 Å². The normalized spacial score (nSPS) is 11.5. The second kappa shape index (κ2) is 5.18. The van der Waals surface area contributed by atoms with Gasteiger partial charge in [0.2, 0.25) is 0 Å². The predicted molar refractivity (Wildman–Crippen MR) is 79.6 cm³/mol. The summed E-state index contributed by atoms with van der Waals surface area (Å²) in [7, 11) is 1.81. The van der Waals surface area contributed by atoms with E-state index in [9.17, 15) is 15.4 Å². The van der Waals surface area contributed by atoms with Gasteiger partial charge >= 0.3 is 5.88 Å². The number of aryl methyl sites for hydroxylation is 1. The van der Waals surface area contributed by atoms with Crippen molar-refractivity contribution in [2.24, 2.45) is 7.05 Å². The topological polar surface area (TPSA) is 97.9 Å². The molecule has 0 amide bonds. The van der Waals surface area contributed by atoms with Crippen LogP contribution in [0.25, 0.3) is 22.7 Å². The summed E-state index contributed by atoms with van der Waals surface area (Å²) in [5.41, 5.74) is 1.93. The number of rotatable bonds is 3. The highest BCUT2D eigenvalue weighted by Gasteiger charge is 2.15. The van der Waals surface area contributed by atoms with Gasteiger partial charge in [-0.1, -0.05) is 12.1 Å². The van der Waals surface area contributed by atoms with Gasteiger partial charge in [0.15, 0.2) is 5.82 Å². The van der Waals surface area contributed by atoms with E-state index in [4.69, 9.17) is 4.42 Å². The van der Waals surface area contributed by atoms with Crippen LogP contribution < -0.4 is 0 Å². The summed E-state index contributed by atoms with van der Waals surface area (Å²) in [6.45, 7) is 0. The number of benzene rings is 1. The lowest BCUT2D eigenvalue weighted by Gasteiger charge is -1.99. The molecule has 0 spiro atoms. The number of imidazole rings is 1. The summed E-state index contributed by atoms with van der Waals surface area (Å²) in [6, 6.07) is 12.3. The van der Waals surface area contributed by atoms with Gasteiger partial charge in [0.1, 0.15) is 16.8 Å². The first kappa shape index (κ1) is 13.6. The van der Waals surface area contributed by atoms with Crippen LogP contribution in [0.1, 0.15) is 11.6 Å². The molecule has 0 aliphatic rings. The van der Waals surface area contributed by atoms with Crippen molar-refractivity contribution in [3.8, 4) is 6.07 Å². The molecule has 0 unspecified atom stereocenters. The van der Waals surface area contributed by atoms with Crippen molar-refractivity contribution in [1.82, 2.24) is 9.55 Å². The van der Waals surface area contributed by atoms with E-state index in [1.165, 1.54) is 18.2 Å². The van der Waals surface area contributed by atoms with Gasteiger partial charge < -0.3 is 8.98 Å². The van der Waals surface area contributed by atoms with Crippen LogP contribution >= 0.6 is 0 Å². The second-order valence-electron chi connectivity index (χ2n) is 4.59. The number of fused-ring (bicyclic) bond motifs is 1. The SMILES string of the molecule is Cn1c(/C(C#N)=C/c2ccc([N+](=O)[O-])o2)nc2ccccc21. The van der Waals surface area contributed by atoms with Crippen molar-refractivity contribution in [3.63, 3.8) is 0 Å². The Labute approximate surface area is 124 Å². The van der Waals surface area contributed by atoms with Crippen molar-refractivity contribution < 1.29 is 9.34 Å². The van der Waals surface area contributed by atoms with Crippen LogP contribution in [0.3, 0.4) is 0 Å². The van der Waals surface area contributed by atoms with Gasteiger partial charge in [0.25, 0.3) is 0 Å². The number of nitriles is 1. The highest BCUT2D eigenvalue weighted by atomic mass is 16.6. The molecule has 22 heavy (non-hydrogen) atoms. The monoisotopic (exact) mass is 294 g/mol. The molecule has 0 fully saturated rings. The first-order chi connectivity index (χ1) is 10.6. The molecule has 108 valence electrons. The van der Waals surface area contributed by atoms with E-state index in [2.05, 4.69) is 11.1 Å². The fraction of sp³-hybridized carbons (Fsp3) is 0.0667. The van der Waals surface area contributed by atoms with E-state index in [1.54, 1.807) is 11.6 Å². The maximum absolute atomic E-state index is 10.6. The molecule has 0 atom stereocenters. The highest BCUT2D eigenvalue weighted by Crippen LogP contribution is 2.24. The van der Waals surface area contributed by atoms with Crippen molar-refractivity contribution in [2.45, 2.75) is 0 Å².